The first-order valence-corrected chi connectivity index (χ1v) is 6.49. The van der Waals surface area contributed by atoms with Gasteiger partial charge in [-0.05, 0) is 26.0 Å². The number of rotatable bonds is 3. The van der Waals surface area contributed by atoms with E-state index in [1.54, 1.807) is 6.26 Å². The van der Waals surface area contributed by atoms with Gasteiger partial charge >= 0.3 is 5.97 Å². The van der Waals surface area contributed by atoms with Crippen LogP contribution in [-0.4, -0.2) is 29.1 Å². The molecule has 0 saturated carbocycles. The molecule has 0 radical (unpaired) electrons. The third kappa shape index (κ3) is 2.12. The van der Waals surface area contributed by atoms with Crippen molar-refractivity contribution >= 4 is 16.9 Å². The van der Waals surface area contributed by atoms with Gasteiger partial charge in [0.25, 0.3) is 0 Å². The lowest BCUT2D eigenvalue weighted by Crippen LogP contribution is -2.31. The zero-order chi connectivity index (χ0) is 13.5. The van der Waals surface area contributed by atoms with Crippen LogP contribution in [0.5, 0.6) is 0 Å². The maximum atomic E-state index is 11.2. The molecule has 2 heterocycles. The zero-order valence-corrected chi connectivity index (χ0v) is 10.9. The monoisotopic (exact) mass is 259 g/mol. The van der Waals surface area contributed by atoms with Gasteiger partial charge in [-0.15, -0.1) is 0 Å². The second-order valence-electron chi connectivity index (χ2n) is 5.58. The molecule has 3 rings (SSSR count). The minimum atomic E-state index is -0.702. The summed E-state index contributed by atoms with van der Waals surface area (Å²) in [6.45, 7) is 3.99. The number of hydrogen-bond donors (Lipinski definition) is 1. The van der Waals surface area contributed by atoms with E-state index >= 15 is 0 Å². The Hall–Kier alpha value is -1.81. The number of nitrogens with zero attached hydrogens (tertiary/aromatic N) is 1. The molecule has 1 aromatic heterocycles. The molecule has 4 heteroatoms. The molecule has 1 aliphatic heterocycles. The third-order valence-electron chi connectivity index (χ3n) is 4.02. The lowest BCUT2D eigenvalue weighted by molar-refractivity contribution is -0.147. The van der Waals surface area contributed by atoms with Crippen LogP contribution >= 0.6 is 0 Å². The number of carboxylic acid groups (broad SMARTS) is 1. The molecule has 0 spiro atoms. The van der Waals surface area contributed by atoms with Gasteiger partial charge in [-0.1, -0.05) is 18.2 Å². The van der Waals surface area contributed by atoms with Crippen molar-refractivity contribution in [3.05, 3.63) is 36.1 Å². The molecular weight excluding hydrogens is 242 g/mol. The fraction of sp³-hybridized carbons (Fsp3) is 0.400. The summed E-state index contributed by atoms with van der Waals surface area (Å²) in [5, 5.41) is 10.4. The highest BCUT2D eigenvalue weighted by atomic mass is 16.4. The lowest BCUT2D eigenvalue weighted by Gasteiger charge is -2.19. The summed E-state index contributed by atoms with van der Waals surface area (Å²) in [5.41, 5.74) is 1.41. The number of aliphatic carboxylic acids is 1. The van der Waals surface area contributed by atoms with Crippen LogP contribution in [0, 0.1) is 5.41 Å². The van der Waals surface area contributed by atoms with Crippen molar-refractivity contribution in [3.8, 4) is 0 Å². The first kappa shape index (κ1) is 12.2. The van der Waals surface area contributed by atoms with E-state index in [1.165, 1.54) is 0 Å². The van der Waals surface area contributed by atoms with E-state index in [9.17, 15) is 9.90 Å². The van der Waals surface area contributed by atoms with E-state index in [-0.39, 0.29) is 0 Å². The first-order valence-electron chi connectivity index (χ1n) is 6.49. The Balaban J connectivity index is 1.78. The highest BCUT2D eigenvalue weighted by molar-refractivity contribution is 5.80. The van der Waals surface area contributed by atoms with Crippen molar-refractivity contribution in [2.24, 2.45) is 5.41 Å². The van der Waals surface area contributed by atoms with E-state index in [0.717, 1.165) is 29.6 Å². The number of likely N-dealkylation sites (tertiary alicyclic amines) is 1. The molecule has 0 aliphatic carbocycles. The van der Waals surface area contributed by atoms with Crippen molar-refractivity contribution in [1.82, 2.24) is 4.90 Å². The average molecular weight is 259 g/mol. The Bertz CT molecular complexity index is 619. The molecule has 1 unspecified atom stereocenters. The number of carbonyl (C=O) groups is 1. The number of para-hydroxylation sites is 1. The molecule has 1 fully saturated rings. The maximum absolute atomic E-state index is 11.2. The minimum Gasteiger partial charge on any atom is -0.481 e. The fourth-order valence-electron chi connectivity index (χ4n) is 2.76. The van der Waals surface area contributed by atoms with E-state index in [0.29, 0.717) is 13.0 Å². The summed E-state index contributed by atoms with van der Waals surface area (Å²) in [7, 11) is 0. The van der Waals surface area contributed by atoms with Crippen molar-refractivity contribution in [2.75, 3.05) is 13.1 Å². The van der Waals surface area contributed by atoms with E-state index in [2.05, 4.69) is 4.90 Å². The zero-order valence-electron chi connectivity index (χ0n) is 10.9. The molecule has 1 aromatic carbocycles. The van der Waals surface area contributed by atoms with Crippen molar-refractivity contribution in [1.29, 1.82) is 0 Å². The number of carboxylic acids is 1. The summed E-state index contributed by atoms with van der Waals surface area (Å²) >= 11 is 0. The second-order valence-corrected chi connectivity index (χ2v) is 5.58. The van der Waals surface area contributed by atoms with Crippen LogP contribution in [0.25, 0.3) is 11.0 Å². The fourth-order valence-corrected chi connectivity index (χ4v) is 2.76. The van der Waals surface area contributed by atoms with E-state index in [4.69, 9.17) is 4.42 Å². The summed E-state index contributed by atoms with van der Waals surface area (Å²) in [6.07, 6.45) is 2.49. The SMILES string of the molecule is CC1(C(=O)O)CCN(Cc2coc3ccccc23)C1. The normalized spacial score (nSPS) is 24.1. The highest BCUT2D eigenvalue weighted by Gasteiger charge is 2.40. The van der Waals surface area contributed by atoms with Crippen molar-refractivity contribution in [3.63, 3.8) is 0 Å². The van der Waals surface area contributed by atoms with Crippen LogP contribution in [-0.2, 0) is 11.3 Å². The van der Waals surface area contributed by atoms with Gasteiger partial charge in [0.15, 0.2) is 0 Å². The minimum absolute atomic E-state index is 0.599. The molecule has 0 bridgehead atoms. The second kappa shape index (κ2) is 4.38. The molecule has 1 saturated heterocycles. The van der Waals surface area contributed by atoms with Crippen molar-refractivity contribution in [2.45, 2.75) is 19.9 Å². The van der Waals surface area contributed by atoms with Crippen LogP contribution in [0.3, 0.4) is 0 Å². The smallest absolute Gasteiger partial charge is 0.310 e. The molecule has 19 heavy (non-hydrogen) atoms. The lowest BCUT2D eigenvalue weighted by atomic mass is 9.90. The summed E-state index contributed by atoms with van der Waals surface area (Å²) in [6, 6.07) is 7.93. The predicted octanol–water partition coefficient (Wildman–Crippen LogP) is 2.73. The molecule has 2 aromatic rings. The third-order valence-corrected chi connectivity index (χ3v) is 4.02. The molecule has 0 amide bonds. The quantitative estimate of drug-likeness (QED) is 0.920. The van der Waals surface area contributed by atoms with Crippen molar-refractivity contribution < 1.29 is 14.3 Å². The van der Waals surface area contributed by atoms with Crippen LogP contribution < -0.4 is 0 Å². The number of benzene rings is 1. The molecule has 4 nitrogen and oxygen atoms in total. The molecule has 100 valence electrons. The Morgan fingerprint density at radius 2 is 2.26 bits per heavy atom. The maximum Gasteiger partial charge on any atom is 0.310 e. The van der Waals surface area contributed by atoms with Crippen LogP contribution in [0.2, 0.25) is 0 Å². The van der Waals surface area contributed by atoms with Gasteiger partial charge in [0.1, 0.15) is 5.58 Å². The Labute approximate surface area is 111 Å². The molecule has 1 N–H and O–H groups in total. The van der Waals surface area contributed by atoms with Gasteiger partial charge in [-0.2, -0.15) is 0 Å². The summed E-state index contributed by atoms with van der Waals surface area (Å²) in [4.78, 5) is 13.4. The van der Waals surface area contributed by atoms with Gasteiger partial charge < -0.3 is 9.52 Å². The Morgan fingerprint density at radius 1 is 1.47 bits per heavy atom. The average Bonchev–Trinajstić information content (AvgIpc) is 2.96. The molecule has 1 atom stereocenters. The van der Waals surface area contributed by atoms with Crippen LogP contribution in [0.1, 0.15) is 18.9 Å². The highest BCUT2D eigenvalue weighted by Crippen LogP contribution is 2.32. The summed E-state index contributed by atoms with van der Waals surface area (Å²) < 4.78 is 5.52. The van der Waals surface area contributed by atoms with Gasteiger partial charge in [-0.3, -0.25) is 9.69 Å². The Kier molecular flexibility index (Phi) is 2.82. The van der Waals surface area contributed by atoms with Gasteiger partial charge in [0.2, 0.25) is 0 Å². The van der Waals surface area contributed by atoms with E-state index in [1.807, 2.05) is 31.2 Å². The van der Waals surface area contributed by atoms with Gasteiger partial charge in [0.05, 0.1) is 11.7 Å². The first-order chi connectivity index (χ1) is 9.08. The van der Waals surface area contributed by atoms with Gasteiger partial charge in [-0.25, -0.2) is 0 Å². The van der Waals surface area contributed by atoms with E-state index < -0.39 is 11.4 Å². The number of hydrogen-bond acceptors (Lipinski definition) is 3. The Morgan fingerprint density at radius 3 is 3.00 bits per heavy atom. The van der Waals surface area contributed by atoms with Crippen LogP contribution in [0.15, 0.2) is 34.9 Å². The largest absolute Gasteiger partial charge is 0.481 e. The predicted molar refractivity (Wildman–Crippen MR) is 71.9 cm³/mol. The number of fused-ring (bicyclic) bond motifs is 1. The van der Waals surface area contributed by atoms with Crippen LogP contribution in [0.4, 0.5) is 0 Å². The standard InChI is InChI=1S/C15H17NO3/c1-15(14(17)18)6-7-16(10-15)8-11-9-19-13-5-3-2-4-12(11)13/h2-5,9H,6-8,10H2,1H3,(H,17,18). The molecule has 1 aliphatic rings. The topological polar surface area (TPSA) is 53.7 Å². The molecular formula is C15H17NO3. The number of furan rings is 1. The summed E-state index contributed by atoms with van der Waals surface area (Å²) in [5.74, 6) is -0.702. The van der Waals surface area contributed by atoms with Gasteiger partial charge in [0, 0.05) is 24.0 Å².